The molecule has 16 heavy (non-hydrogen) atoms. The van der Waals surface area contributed by atoms with Gasteiger partial charge in [-0.25, -0.2) is 0 Å². The summed E-state index contributed by atoms with van der Waals surface area (Å²) < 4.78 is 0. The van der Waals surface area contributed by atoms with Gasteiger partial charge in [0.1, 0.15) is 0 Å². The van der Waals surface area contributed by atoms with Crippen LogP contribution in [0.4, 0.5) is 0 Å². The fourth-order valence-electron chi connectivity index (χ4n) is 1.21. The molecule has 0 radical (unpaired) electrons. The molecule has 5 heteroatoms. The van der Waals surface area contributed by atoms with Crippen molar-refractivity contribution in [2.45, 2.75) is 6.92 Å². The van der Waals surface area contributed by atoms with Crippen LogP contribution in [0.1, 0.15) is 15.9 Å². The molecule has 1 N–H and O–H groups in total. The largest absolute Gasteiger partial charge is 0.394 e. The first-order valence-electron chi connectivity index (χ1n) is 4.79. The minimum absolute atomic E-state index is 0.101. The van der Waals surface area contributed by atoms with E-state index < -0.39 is 5.91 Å². The lowest BCUT2D eigenvalue weighted by Crippen LogP contribution is -2.31. The van der Waals surface area contributed by atoms with Gasteiger partial charge in [0.05, 0.1) is 13.2 Å². The highest BCUT2D eigenvalue weighted by Gasteiger charge is 2.17. The summed E-state index contributed by atoms with van der Waals surface area (Å²) in [5.74, 6) is -0.540. The fourth-order valence-corrected chi connectivity index (χ4v) is 1.21. The van der Waals surface area contributed by atoms with E-state index in [4.69, 9.17) is 9.94 Å². The number of aliphatic hydroxyl groups excluding tert-OH is 1. The third kappa shape index (κ3) is 2.88. The van der Waals surface area contributed by atoms with Crippen molar-refractivity contribution in [1.82, 2.24) is 5.06 Å². The number of benzene rings is 1. The first kappa shape index (κ1) is 12.4. The summed E-state index contributed by atoms with van der Waals surface area (Å²) in [6.45, 7) is 1.41. The predicted molar refractivity (Wildman–Crippen MR) is 56.5 cm³/mol. The van der Waals surface area contributed by atoms with Crippen LogP contribution in [0.25, 0.3) is 0 Å². The lowest BCUT2D eigenvalue weighted by atomic mass is 10.1. The second-order valence-electron chi connectivity index (χ2n) is 3.11. The van der Waals surface area contributed by atoms with E-state index in [1.807, 2.05) is 0 Å². The molecule has 0 aliphatic heterocycles. The molecule has 0 saturated carbocycles. The minimum Gasteiger partial charge on any atom is -0.394 e. The third-order valence-electron chi connectivity index (χ3n) is 1.99. The van der Waals surface area contributed by atoms with Crippen LogP contribution in [0, 0.1) is 6.92 Å². The third-order valence-corrected chi connectivity index (χ3v) is 1.99. The molecule has 2 amide bonds. The number of aliphatic hydroxyl groups is 1. The van der Waals surface area contributed by atoms with E-state index in [9.17, 15) is 9.59 Å². The molecule has 0 aliphatic rings. The monoisotopic (exact) mass is 223 g/mol. The van der Waals surface area contributed by atoms with Crippen LogP contribution < -0.4 is 0 Å². The number of amides is 2. The maximum atomic E-state index is 11.8. The number of imide groups is 1. The first-order valence-corrected chi connectivity index (χ1v) is 4.79. The predicted octanol–water partition coefficient (Wildman–Crippen LogP) is 0.518. The summed E-state index contributed by atoms with van der Waals surface area (Å²) in [5.41, 5.74) is 1.15. The van der Waals surface area contributed by atoms with Crippen LogP contribution in [0.15, 0.2) is 24.3 Å². The lowest BCUT2D eigenvalue weighted by molar-refractivity contribution is -0.157. The van der Waals surface area contributed by atoms with Crippen molar-refractivity contribution >= 4 is 12.3 Å². The van der Waals surface area contributed by atoms with Gasteiger partial charge >= 0.3 is 0 Å². The number of hydrogen-bond acceptors (Lipinski definition) is 4. The molecule has 1 aromatic carbocycles. The normalized spacial score (nSPS) is 9.88. The van der Waals surface area contributed by atoms with Crippen molar-refractivity contribution in [2.75, 3.05) is 13.2 Å². The van der Waals surface area contributed by atoms with E-state index >= 15 is 0 Å². The number of hydrogen-bond donors (Lipinski definition) is 1. The van der Waals surface area contributed by atoms with Crippen molar-refractivity contribution in [1.29, 1.82) is 0 Å². The van der Waals surface area contributed by atoms with Gasteiger partial charge in [0, 0.05) is 5.56 Å². The summed E-state index contributed by atoms with van der Waals surface area (Å²) in [4.78, 5) is 27.2. The molecule has 0 fully saturated rings. The highest BCUT2D eigenvalue weighted by atomic mass is 16.7. The van der Waals surface area contributed by atoms with Crippen molar-refractivity contribution in [2.24, 2.45) is 0 Å². The molecule has 0 aromatic heterocycles. The Hall–Kier alpha value is -1.72. The Kier molecular flexibility index (Phi) is 4.63. The number of nitrogens with zero attached hydrogens (tertiary/aromatic N) is 1. The van der Waals surface area contributed by atoms with E-state index in [0.717, 1.165) is 5.56 Å². The van der Waals surface area contributed by atoms with Crippen LogP contribution in [0.5, 0.6) is 0 Å². The van der Waals surface area contributed by atoms with Gasteiger partial charge in [0.2, 0.25) is 6.41 Å². The number of rotatable bonds is 5. The molecule has 0 bridgehead atoms. The van der Waals surface area contributed by atoms with E-state index in [0.29, 0.717) is 10.6 Å². The maximum Gasteiger partial charge on any atom is 0.284 e. The van der Waals surface area contributed by atoms with Gasteiger partial charge < -0.3 is 5.11 Å². The van der Waals surface area contributed by atoms with Crippen molar-refractivity contribution in [3.8, 4) is 0 Å². The van der Waals surface area contributed by atoms with Crippen LogP contribution >= 0.6 is 0 Å². The van der Waals surface area contributed by atoms with Crippen molar-refractivity contribution < 1.29 is 19.5 Å². The average Bonchev–Trinajstić information content (AvgIpc) is 2.30. The Morgan fingerprint density at radius 3 is 2.75 bits per heavy atom. The Morgan fingerprint density at radius 1 is 1.50 bits per heavy atom. The van der Waals surface area contributed by atoms with Gasteiger partial charge in [0.15, 0.2) is 0 Å². The lowest BCUT2D eigenvalue weighted by Gasteiger charge is -2.15. The SMILES string of the molecule is Cc1ccccc1C(=O)N(C=O)OCCO. The Bertz CT molecular complexity index is 378. The van der Waals surface area contributed by atoms with Crippen molar-refractivity contribution in [3.05, 3.63) is 35.4 Å². The van der Waals surface area contributed by atoms with Gasteiger partial charge in [-0.1, -0.05) is 18.2 Å². The standard InChI is InChI=1S/C11H13NO4/c1-9-4-2-3-5-10(9)11(15)12(8-14)16-7-6-13/h2-5,8,13H,6-7H2,1H3. The molecule has 0 unspecified atom stereocenters. The fraction of sp³-hybridized carbons (Fsp3) is 0.273. The number of carbonyl (C=O) groups is 2. The van der Waals surface area contributed by atoms with Gasteiger partial charge in [-0.05, 0) is 18.6 Å². The molecule has 86 valence electrons. The van der Waals surface area contributed by atoms with E-state index in [-0.39, 0.29) is 19.6 Å². The molecule has 0 heterocycles. The molecule has 0 atom stereocenters. The van der Waals surface area contributed by atoms with Crippen LogP contribution in [-0.4, -0.2) is 35.7 Å². The van der Waals surface area contributed by atoms with E-state index in [2.05, 4.69) is 0 Å². The summed E-state index contributed by atoms with van der Waals surface area (Å²) >= 11 is 0. The van der Waals surface area contributed by atoms with E-state index in [1.54, 1.807) is 31.2 Å². The molecule has 0 aliphatic carbocycles. The molecule has 0 spiro atoms. The van der Waals surface area contributed by atoms with E-state index in [1.165, 1.54) is 0 Å². The molecule has 0 saturated heterocycles. The zero-order valence-corrected chi connectivity index (χ0v) is 8.92. The second-order valence-corrected chi connectivity index (χ2v) is 3.11. The molecule has 5 nitrogen and oxygen atoms in total. The summed E-state index contributed by atoms with van der Waals surface area (Å²) in [5, 5.41) is 9.12. The summed E-state index contributed by atoms with van der Waals surface area (Å²) in [6.07, 6.45) is 0.282. The van der Waals surface area contributed by atoms with Crippen LogP contribution in [0.3, 0.4) is 0 Å². The van der Waals surface area contributed by atoms with Gasteiger partial charge in [-0.3, -0.25) is 14.4 Å². The summed E-state index contributed by atoms with van der Waals surface area (Å²) in [7, 11) is 0. The zero-order valence-electron chi connectivity index (χ0n) is 8.92. The van der Waals surface area contributed by atoms with Crippen LogP contribution in [0.2, 0.25) is 0 Å². The van der Waals surface area contributed by atoms with Crippen LogP contribution in [-0.2, 0) is 9.63 Å². The maximum absolute atomic E-state index is 11.8. The topological polar surface area (TPSA) is 66.8 Å². The number of carbonyl (C=O) groups excluding carboxylic acids is 2. The smallest absolute Gasteiger partial charge is 0.284 e. The van der Waals surface area contributed by atoms with Gasteiger partial charge in [0.25, 0.3) is 5.91 Å². The minimum atomic E-state index is -0.540. The molecule has 1 rings (SSSR count). The highest BCUT2D eigenvalue weighted by Crippen LogP contribution is 2.09. The summed E-state index contributed by atoms with van der Waals surface area (Å²) in [6, 6.07) is 6.87. The number of hydroxylamine groups is 2. The first-order chi connectivity index (χ1) is 7.70. The van der Waals surface area contributed by atoms with Crippen molar-refractivity contribution in [3.63, 3.8) is 0 Å². The number of aryl methyl sites for hydroxylation is 1. The Morgan fingerprint density at radius 2 is 2.19 bits per heavy atom. The highest BCUT2D eigenvalue weighted by molar-refractivity contribution is 5.99. The van der Waals surface area contributed by atoms with Gasteiger partial charge in [-0.15, -0.1) is 0 Å². The quantitative estimate of drug-likeness (QED) is 0.583. The Labute approximate surface area is 93.2 Å². The second kappa shape index (κ2) is 5.99. The molecular formula is C11H13NO4. The molecular weight excluding hydrogens is 210 g/mol. The van der Waals surface area contributed by atoms with Gasteiger partial charge in [-0.2, -0.15) is 5.06 Å². The zero-order chi connectivity index (χ0) is 12.0. The Balaban J connectivity index is 2.83. The molecule has 1 aromatic rings. The average molecular weight is 223 g/mol.